The zero-order valence-corrected chi connectivity index (χ0v) is 18.3. The van der Waals surface area contributed by atoms with Crippen molar-refractivity contribution >= 4 is 40.8 Å². The summed E-state index contributed by atoms with van der Waals surface area (Å²) in [6.07, 6.45) is 4.42. The van der Waals surface area contributed by atoms with Gasteiger partial charge in [-0.05, 0) is 43.2 Å². The highest BCUT2D eigenvalue weighted by Gasteiger charge is 2.06. The number of nitrogens with zero attached hydrogens (tertiary/aromatic N) is 2. The van der Waals surface area contributed by atoms with E-state index in [-0.39, 0.29) is 29.8 Å². The van der Waals surface area contributed by atoms with Crippen molar-refractivity contribution in [2.45, 2.75) is 19.9 Å². The number of H-pyrrole nitrogens is 1. The fourth-order valence-corrected chi connectivity index (χ4v) is 2.92. The van der Waals surface area contributed by atoms with Crippen molar-refractivity contribution < 1.29 is 9.13 Å². The lowest BCUT2D eigenvalue weighted by Gasteiger charge is -2.11. The number of hydrogen-bond acceptors (Lipinski definition) is 3. The Labute approximate surface area is 181 Å². The van der Waals surface area contributed by atoms with Gasteiger partial charge in [0.15, 0.2) is 5.96 Å². The lowest BCUT2D eigenvalue weighted by atomic mass is 10.1. The van der Waals surface area contributed by atoms with E-state index in [9.17, 15) is 4.39 Å². The van der Waals surface area contributed by atoms with Crippen molar-refractivity contribution in [3.63, 3.8) is 0 Å². The molecule has 0 unspecified atom stereocenters. The van der Waals surface area contributed by atoms with Gasteiger partial charge in [0.05, 0.1) is 13.7 Å². The van der Waals surface area contributed by atoms with Crippen molar-refractivity contribution in [2.75, 3.05) is 20.2 Å². The molecular formula is C20H25FIN5O. The average molecular weight is 497 g/mol. The zero-order valence-electron chi connectivity index (χ0n) is 16.0. The summed E-state index contributed by atoms with van der Waals surface area (Å²) in [4.78, 5) is 11.9. The van der Waals surface area contributed by atoms with Crippen LogP contribution in [0.15, 0.2) is 47.7 Å². The van der Waals surface area contributed by atoms with Gasteiger partial charge in [-0.2, -0.15) is 0 Å². The quantitative estimate of drug-likeness (QED) is 0.265. The lowest BCUT2D eigenvalue weighted by molar-refractivity contribution is 0.392. The maximum absolute atomic E-state index is 13.3. The predicted molar refractivity (Wildman–Crippen MR) is 121 cm³/mol. The standard InChI is InChI=1S/C20H24FN5O.HI/c1-3-22-20(26-13-15-5-4-9-23-19(15)27-2)24-10-8-14-12-25-18-11-16(21)6-7-17(14)18;/h4-7,9,11-12,25H,3,8,10,13H2,1-2H3,(H2,22,24,26);1H. The summed E-state index contributed by atoms with van der Waals surface area (Å²) in [5, 5.41) is 7.61. The van der Waals surface area contributed by atoms with Crippen molar-refractivity contribution in [1.82, 2.24) is 20.6 Å². The Kier molecular flexibility index (Phi) is 8.49. The van der Waals surface area contributed by atoms with Crippen LogP contribution in [0.1, 0.15) is 18.1 Å². The summed E-state index contributed by atoms with van der Waals surface area (Å²) in [6.45, 7) is 3.97. The van der Waals surface area contributed by atoms with Gasteiger partial charge in [-0.15, -0.1) is 24.0 Å². The second kappa shape index (κ2) is 10.8. The highest BCUT2D eigenvalue weighted by atomic mass is 127. The number of pyridine rings is 1. The van der Waals surface area contributed by atoms with E-state index in [1.807, 2.05) is 31.3 Å². The fourth-order valence-electron chi connectivity index (χ4n) is 2.92. The normalized spacial score (nSPS) is 11.2. The molecule has 2 heterocycles. The third-order valence-electron chi connectivity index (χ3n) is 4.21. The van der Waals surface area contributed by atoms with Gasteiger partial charge in [0, 0.05) is 41.9 Å². The molecule has 6 nitrogen and oxygen atoms in total. The number of hydrogen-bond donors (Lipinski definition) is 3. The minimum absolute atomic E-state index is 0. The van der Waals surface area contributed by atoms with E-state index < -0.39 is 0 Å². The first-order chi connectivity index (χ1) is 13.2. The first kappa shape index (κ1) is 21.9. The first-order valence-corrected chi connectivity index (χ1v) is 8.97. The van der Waals surface area contributed by atoms with Crippen LogP contribution in [0.2, 0.25) is 0 Å². The SMILES string of the molecule is CCNC(=NCc1cccnc1OC)NCCc1c[nH]c2cc(F)ccc12.I. The number of methoxy groups -OCH3 is 1. The third-order valence-corrected chi connectivity index (χ3v) is 4.21. The van der Waals surface area contributed by atoms with E-state index in [4.69, 9.17) is 4.74 Å². The molecule has 3 N–H and O–H groups in total. The molecule has 0 aliphatic carbocycles. The molecule has 0 atom stereocenters. The fraction of sp³-hybridized carbons (Fsp3) is 0.300. The Morgan fingerprint density at radius 2 is 2.11 bits per heavy atom. The smallest absolute Gasteiger partial charge is 0.218 e. The second-order valence-corrected chi connectivity index (χ2v) is 6.05. The monoisotopic (exact) mass is 497 g/mol. The molecule has 0 saturated heterocycles. The van der Waals surface area contributed by atoms with Crippen molar-refractivity contribution in [3.05, 3.63) is 59.7 Å². The van der Waals surface area contributed by atoms with Gasteiger partial charge < -0.3 is 20.4 Å². The van der Waals surface area contributed by atoms with Crippen LogP contribution < -0.4 is 15.4 Å². The topological polar surface area (TPSA) is 74.3 Å². The van der Waals surface area contributed by atoms with Gasteiger partial charge in [-0.25, -0.2) is 14.4 Å². The van der Waals surface area contributed by atoms with E-state index in [1.54, 1.807) is 13.3 Å². The van der Waals surface area contributed by atoms with Crippen LogP contribution in [-0.2, 0) is 13.0 Å². The first-order valence-electron chi connectivity index (χ1n) is 8.97. The van der Waals surface area contributed by atoms with Crippen LogP contribution >= 0.6 is 24.0 Å². The van der Waals surface area contributed by atoms with Crippen LogP contribution in [0, 0.1) is 5.82 Å². The van der Waals surface area contributed by atoms with Crippen LogP contribution in [0.5, 0.6) is 5.88 Å². The summed E-state index contributed by atoms with van der Waals surface area (Å²) in [6, 6.07) is 8.63. The number of fused-ring (bicyclic) bond motifs is 1. The van der Waals surface area contributed by atoms with Crippen LogP contribution in [0.25, 0.3) is 10.9 Å². The van der Waals surface area contributed by atoms with E-state index in [0.717, 1.165) is 41.0 Å². The maximum Gasteiger partial charge on any atom is 0.218 e. The molecule has 0 fully saturated rings. The third kappa shape index (κ3) is 5.57. The number of aromatic nitrogens is 2. The highest BCUT2D eigenvalue weighted by Crippen LogP contribution is 2.19. The summed E-state index contributed by atoms with van der Waals surface area (Å²) in [5.74, 6) is 1.08. The minimum atomic E-state index is -0.235. The number of aromatic amines is 1. The van der Waals surface area contributed by atoms with Gasteiger partial charge in [-0.3, -0.25) is 0 Å². The molecule has 0 aliphatic heterocycles. The summed E-state index contributed by atoms with van der Waals surface area (Å²) in [7, 11) is 1.60. The number of aliphatic imine (C=N–C) groups is 1. The second-order valence-electron chi connectivity index (χ2n) is 6.05. The number of rotatable bonds is 7. The number of ether oxygens (including phenoxy) is 1. The van der Waals surface area contributed by atoms with E-state index in [1.165, 1.54) is 12.1 Å². The predicted octanol–water partition coefficient (Wildman–Crippen LogP) is 3.63. The molecular weight excluding hydrogens is 472 g/mol. The largest absolute Gasteiger partial charge is 0.481 e. The van der Waals surface area contributed by atoms with Crippen molar-refractivity contribution in [1.29, 1.82) is 0 Å². The molecule has 0 spiro atoms. The van der Waals surface area contributed by atoms with Gasteiger partial charge in [0.2, 0.25) is 5.88 Å². The Hall–Kier alpha value is -2.36. The number of guanidine groups is 1. The number of benzene rings is 1. The molecule has 28 heavy (non-hydrogen) atoms. The molecule has 0 amide bonds. The van der Waals surface area contributed by atoms with Crippen molar-refractivity contribution in [2.24, 2.45) is 4.99 Å². The van der Waals surface area contributed by atoms with E-state index in [2.05, 4.69) is 25.6 Å². The molecule has 3 rings (SSSR count). The molecule has 2 aromatic heterocycles. The Morgan fingerprint density at radius 3 is 2.89 bits per heavy atom. The summed E-state index contributed by atoms with van der Waals surface area (Å²) >= 11 is 0. The number of halogens is 2. The molecule has 150 valence electrons. The molecule has 0 bridgehead atoms. The van der Waals surface area contributed by atoms with Crippen LogP contribution in [0.4, 0.5) is 4.39 Å². The van der Waals surface area contributed by atoms with E-state index >= 15 is 0 Å². The van der Waals surface area contributed by atoms with Crippen LogP contribution in [-0.4, -0.2) is 36.1 Å². The van der Waals surface area contributed by atoms with Crippen LogP contribution in [0.3, 0.4) is 0 Å². The molecule has 0 saturated carbocycles. The Balaban J connectivity index is 0.00000280. The Morgan fingerprint density at radius 1 is 1.25 bits per heavy atom. The molecule has 0 aliphatic rings. The number of nitrogens with one attached hydrogen (secondary N) is 3. The zero-order chi connectivity index (χ0) is 19.1. The maximum atomic E-state index is 13.3. The van der Waals surface area contributed by atoms with Gasteiger partial charge >= 0.3 is 0 Å². The van der Waals surface area contributed by atoms with E-state index in [0.29, 0.717) is 19.0 Å². The lowest BCUT2D eigenvalue weighted by Crippen LogP contribution is -2.38. The average Bonchev–Trinajstić information content (AvgIpc) is 3.08. The molecule has 3 aromatic rings. The van der Waals surface area contributed by atoms with Gasteiger partial charge in [-0.1, -0.05) is 6.07 Å². The summed E-state index contributed by atoms with van der Waals surface area (Å²) < 4.78 is 18.6. The van der Waals surface area contributed by atoms with Crippen molar-refractivity contribution in [3.8, 4) is 5.88 Å². The Bertz CT molecular complexity index is 928. The summed E-state index contributed by atoms with van der Waals surface area (Å²) in [5.41, 5.74) is 2.88. The highest BCUT2D eigenvalue weighted by molar-refractivity contribution is 14.0. The molecule has 0 radical (unpaired) electrons. The van der Waals surface area contributed by atoms with Gasteiger partial charge in [0.25, 0.3) is 0 Å². The molecule has 8 heteroatoms. The minimum Gasteiger partial charge on any atom is -0.481 e. The molecule has 1 aromatic carbocycles. The van der Waals surface area contributed by atoms with Gasteiger partial charge in [0.1, 0.15) is 5.82 Å².